The van der Waals surface area contributed by atoms with Crippen LogP contribution in [0.25, 0.3) is 0 Å². The van der Waals surface area contributed by atoms with Crippen molar-refractivity contribution in [3.8, 4) is 0 Å². The number of nitrogens with zero attached hydrogens (tertiary/aromatic N) is 1. The van der Waals surface area contributed by atoms with E-state index in [2.05, 4.69) is 17.9 Å². The van der Waals surface area contributed by atoms with Gasteiger partial charge in [-0.1, -0.05) is 60.2 Å². The van der Waals surface area contributed by atoms with Crippen LogP contribution in [0.1, 0.15) is 35.6 Å². The molecule has 6 nitrogen and oxygen atoms in total. The van der Waals surface area contributed by atoms with E-state index in [1.807, 2.05) is 61.5 Å². The van der Waals surface area contributed by atoms with E-state index in [0.717, 1.165) is 16.7 Å². The standard InChI is InChI=1S/C23H26N2O4S/c1-15-7-9-17(10-8-15)18-11-12-19(23(28)29)25(18)21(26)14-24-22(27)20(30)13-16-5-3-2-4-6-16/h2-10,18-20,30H,11-14H2,1H3,(H,24,27)(H,28,29)/t18-,19+,20-/m0/s1. The Hall–Kier alpha value is -2.80. The van der Waals surface area contributed by atoms with E-state index in [0.29, 0.717) is 19.3 Å². The zero-order valence-electron chi connectivity index (χ0n) is 16.8. The van der Waals surface area contributed by atoms with E-state index < -0.39 is 23.2 Å². The second-order valence-corrected chi connectivity index (χ2v) is 8.21. The molecule has 0 spiro atoms. The number of carbonyl (C=O) groups is 3. The lowest BCUT2D eigenvalue weighted by molar-refractivity contribution is -0.149. The Labute approximate surface area is 181 Å². The van der Waals surface area contributed by atoms with Crippen molar-refractivity contribution in [2.45, 2.75) is 43.5 Å². The van der Waals surface area contributed by atoms with Crippen LogP contribution >= 0.6 is 12.6 Å². The Morgan fingerprint density at radius 2 is 1.77 bits per heavy atom. The fourth-order valence-electron chi connectivity index (χ4n) is 3.82. The third-order valence-electron chi connectivity index (χ3n) is 5.41. The predicted molar refractivity (Wildman–Crippen MR) is 117 cm³/mol. The van der Waals surface area contributed by atoms with Gasteiger partial charge >= 0.3 is 5.97 Å². The minimum absolute atomic E-state index is 0.253. The summed E-state index contributed by atoms with van der Waals surface area (Å²) in [6.45, 7) is 1.72. The number of aryl methyl sites for hydroxylation is 1. The van der Waals surface area contributed by atoms with Crippen LogP contribution < -0.4 is 5.32 Å². The van der Waals surface area contributed by atoms with Gasteiger partial charge in [-0.15, -0.1) is 0 Å². The van der Waals surface area contributed by atoms with Crippen LogP contribution in [0.4, 0.5) is 0 Å². The summed E-state index contributed by atoms with van der Waals surface area (Å²) in [5, 5.41) is 11.6. The van der Waals surface area contributed by atoms with E-state index >= 15 is 0 Å². The van der Waals surface area contributed by atoms with Gasteiger partial charge in [0.1, 0.15) is 6.04 Å². The van der Waals surface area contributed by atoms with Crippen LogP contribution in [0, 0.1) is 6.92 Å². The van der Waals surface area contributed by atoms with Crippen molar-refractivity contribution >= 4 is 30.4 Å². The summed E-state index contributed by atoms with van der Waals surface area (Å²) in [4.78, 5) is 38.4. The first-order valence-electron chi connectivity index (χ1n) is 9.97. The van der Waals surface area contributed by atoms with E-state index in [1.165, 1.54) is 4.90 Å². The smallest absolute Gasteiger partial charge is 0.326 e. The first-order chi connectivity index (χ1) is 14.4. The number of likely N-dealkylation sites (tertiary alicyclic amines) is 1. The molecule has 1 saturated heterocycles. The van der Waals surface area contributed by atoms with Crippen molar-refractivity contribution < 1.29 is 19.5 Å². The summed E-state index contributed by atoms with van der Waals surface area (Å²) in [6, 6.07) is 16.0. The van der Waals surface area contributed by atoms with Crippen molar-refractivity contribution in [1.29, 1.82) is 0 Å². The van der Waals surface area contributed by atoms with Crippen LogP contribution in [0.15, 0.2) is 54.6 Å². The van der Waals surface area contributed by atoms with Gasteiger partial charge in [0.25, 0.3) is 0 Å². The number of benzene rings is 2. The molecule has 1 aliphatic heterocycles. The lowest BCUT2D eigenvalue weighted by atomic mass is 10.0. The van der Waals surface area contributed by atoms with Crippen LogP contribution in [0.2, 0.25) is 0 Å². The average molecular weight is 427 g/mol. The van der Waals surface area contributed by atoms with Gasteiger partial charge in [-0.3, -0.25) is 9.59 Å². The molecule has 0 saturated carbocycles. The number of thiol groups is 1. The highest BCUT2D eigenvalue weighted by Gasteiger charge is 2.41. The molecule has 2 amide bonds. The Balaban J connectivity index is 1.65. The van der Waals surface area contributed by atoms with Gasteiger partial charge in [0, 0.05) is 0 Å². The Morgan fingerprint density at radius 1 is 1.10 bits per heavy atom. The first kappa shape index (κ1) is 21.9. The van der Waals surface area contributed by atoms with Crippen molar-refractivity contribution in [2.24, 2.45) is 0 Å². The van der Waals surface area contributed by atoms with Crippen molar-refractivity contribution in [3.63, 3.8) is 0 Å². The molecule has 3 atom stereocenters. The lowest BCUT2D eigenvalue weighted by Crippen LogP contribution is -2.47. The molecule has 158 valence electrons. The third-order valence-corrected chi connectivity index (χ3v) is 5.83. The van der Waals surface area contributed by atoms with Gasteiger partial charge in [0.15, 0.2) is 0 Å². The number of hydrogen-bond donors (Lipinski definition) is 3. The first-order valence-corrected chi connectivity index (χ1v) is 10.5. The van der Waals surface area contributed by atoms with Gasteiger partial charge in [-0.25, -0.2) is 4.79 Å². The lowest BCUT2D eigenvalue weighted by Gasteiger charge is -2.29. The predicted octanol–water partition coefficient (Wildman–Crippen LogP) is 2.77. The zero-order valence-corrected chi connectivity index (χ0v) is 17.7. The van der Waals surface area contributed by atoms with Gasteiger partial charge in [-0.2, -0.15) is 12.6 Å². The number of carboxylic acids is 1. The molecule has 1 aliphatic rings. The maximum atomic E-state index is 12.9. The number of nitrogens with one attached hydrogen (secondary N) is 1. The maximum absolute atomic E-state index is 12.9. The molecule has 2 N–H and O–H groups in total. The van der Waals surface area contributed by atoms with Gasteiger partial charge in [0.2, 0.25) is 11.8 Å². The summed E-state index contributed by atoms with van der Waals surface area (Å²) in [5.74, 6) is -1.78. The summed E-state index contributed by atoms with van der Waals surface area (Å²) < 4.78 is 0. The Kier molecular flexibility index (Phi) is 7.15. The zero-order chi connectivity index (χ0) is 21.7. The second kappa shape index (κ2) is 9.80. The van der Waals surface area contributed by atoms with Crippen molar-refractivity contribution in [3.05, 3.63) is 71.3 Å². The van der Waals surface area contributed by atoms with Crippen molar-refractivity contribution in [2.75, 3.05) is 6.54 Å². The molecular formula is C23H26N2O4S. The van der Waals surface area contributed by atoms with E-state index in [-0.39, 0.29) is 18.5 Å². The molecule has 2 aromatic rings. The molecule has 1 fully saturated rings. The molecular weight excluding hydrogens is 400 g/mol. The molecule has 1 heterocycles. The molecule has 30 heavy (non-hydrogen) atoms. The number of carboxylic acid groups (broad SMARTS) is 1. The highest BCUT2D eigenvalue weighted by atomic mass is 32.1. The van der Waals surface area contributed by atoms with Gasteiger partial charge < -0.3 is 15.3 Å². The number of hydrogen-bond acceptors (Lipinski definition) is 4. The monoisotopic (exact) mass is 426 g/mol. The molecule has 3 rings (SSSR count). The fourth-order valence-corrected chi connectivity index (χ4v) is 4.12. The van der Waals surface area contributed by atoms with E-state index in [4.69, 9.17) is 0 Å². The summed E-state index contributed by atoms with van der Waals surface area (Å²) in [6.07, 6.45) is 1.40. The highest BCUT2D eigenvalue weighted by Crippen LogP contribution is 2.36. The van der Waals surface area contributed by atoms with Crippen LogP contribution in [-0.4, -0.2) is 45.6 Å². The average Bonchev–Trinajstić information content (AvgIpc) is 3.18. The van der Waals surface area contributed by atoms with E-state index in [1.54, 1.807) is 0 Å². The largest absolute Gasteiger partial charge is 0.480 e. The number of amides is 2. The SMILES string of the molecule is Cc1ccc([C@@H]2CC[C@H](C(=O)O)N2C(=O)CNC(=O)[C@@H](S)Cc2ccccc2)cc1. The molecule has 0 aliphatic carbocycles. The number of aliphatic carboxylic acids is 1. The molecule has 2 aromatic carbocycles. The van der Waals surface area contributed by atoms with E-state index in [9.17, 15) is 19.5 Å². The van der Waals surface area contributed by atoms with Crippen LogP contribution in [-0.2, 0) is 20.8 Å². The second-order valence-electron chi connectivity index (χ2n) is 7.58. The normalized spacial score (nSPS) is 19.3. The Bertz CT molecular complexity index is 901. The quantitative estimate of drug-likeness (QED) is 0.594. The summed E-state index contributed by atoms with van der Waals surface area (Å²) in [7, 11) is 0. The maximum Gasteiger partial charge on any atom is 0.326 e. The van der Waals surface area contributed by atoms with Crippen LogP contribution in [0.3, 0.4) is 0 Å². The minimum atomic E-state index is -1.03. The molecule has 7 heteroatoms. The topological polar surface area (TPSA) is 86.7 Å². The molecule has 0 bridgehead atoms. The van der Waals surface area contributed by atoms with Gasteiger partial charge in [0.05, 0.1) is 17.8 Å². The van der Waals surface area contributed by atoms with Gasteiger partial charge in [-0.05, 0) is 37.3 Å². The molecule has 0 unspecified atom stereocenters. The third kappa shape index (κ3) is 5.21. The van der Waals surface area contributed by atoms with Crippen LogP contribution in [0.5, 0.6) is 0 Å². The molecule has 0 aromatic heterocycles. The summed E-state index contributed by atoms with van der Waals surface area (Å²) >= 11 is 4.35. The van der Waals surface area contributed by atoms with Crippen molar-refractivity contribution in [1.82, 2.24) is 10.2 Å². The molecule has 0 radical (unpaired) electrons. The minimum Gasteiger partial charge on any atom is -0.480 e. The summed E-state index contributed by atoms with van der Waals surface area (Å²) in [5.41, 5.74) is 2.97. The fraction of sp³-hybridized carbons (Fsp3) is 0.348. The number of rotatable bonds is 7. The Morgan fingerprint density at radius 3 is 2.40 bits per heavy atom. The number of carbonyl (C=O) groups excluding carboxylic acids is 2. The highest BCUT2D eigenvalue weighted by molar-refractivity contribution is 7.81.